The second-order valence-corrected chi connectivity index (χ2v) is 9.09. The van der Waals surface area contributed by atoms with E-state index < -0.39 is 0 Å². The van der Waals surface area contributed by atoms with E-state index in [2.05, 4.69) is 123 Å². The fourth-order valence-corrected chi connectivity index (χ4v) is 5.68. The van der Waals surface area contributed by atoms with Crippen LogP contribution < -0.4 is 9.80 Å². The van der Waals surface area contributed by atoms with E-state index in [1.165, 1.54) is 55.9 Å². The summed E-state index contributed by atoms with van der Waals surface area (Å²) in [7, 11) is 8.45. The molecule has 0 atom stereocenters. The van der Waals surface area contributed by atoms with Gasteiger partial charge in [-0.1, -0.05) is 60.7 Å². The Kier molecular flexibility index (Phi) is 3.68. The van der Waals surface area contributed by atoms with Gasteiger partial charge in [-0.3, -0.25) is 0 Å². The summed E-state index contributed by atoms with van der Waals surface area (Å²) in [6.07, 6.45) is 0. The summed E-state index contributed by atoms with van der Waals surface area (Å²) in [5.74, 6) is 0. The first-order chi connectivity index (χ1) is 15.0. The first-order valence-corrected chi connectivity index (χ1v) is 10.9. The molecule has 0 aliphatic heterocycles. The summed E-state index contributed by atoms with van der Waals surface area (Å²) in [6.45, 7) is 0. The third-order valence-corrected chi connectivity index (χ3v) is 7.09. The summed E-state index contributed by atoms with van der Waals surface area (Å²) in [6, 6.07) is 31.9. The quantitative estimate of drug-likeness (QED) is 0.342. The Hall–Kier alpha value is -3.52. The van der Waals surface area contributed by atoms with E-state index in [0.29, 0.717) is 0 Å². The smallest absolute Gasteiger partial charge is 0.0725 e. The lowest BCUT2D eigenvalue weighted by Crippen LogP contribution is -2.26. The standard InChI is InChI=1S/C29H26N2/c1-30(2)19-13-15-27-23(17-19)21-9-5-7-11-25(21)29(27)26-12-8-6-10-22(26)24-18-20(31(3)4)14-16-28(24)29/h5-18H,1-4H3. The van der Waals surface area contributed by atoms with Crippen molar-refractivity contribution in [1.29, 1.82) is 0 Å². The molecule has 0 radical (unpaired) electrons. The molecule has 0 saturated heterocycles. The minimum absolute atomic E-state index is 0.256. The van der Waals surface area contributed by atoms with Crippen LogP contribution in [-0.2, 0) is 5.41 Å². The van der Waals surface area contributed by atoms with Crippen LogP contribution in [0.15, 0.2) is 84.9 Å². The van der Waals surface area contributed by atoms with Gasteiger partial charge in [-0.25, -0.2) is 0 Å². The summed E-state index contributed by atoms with van der Waals surface area (Å²) in [5, 5.41) is 0. The van der Waals surface area contributed by atoms with Crippen LogP contribution in [-0.4, -0.2) is 28.2 Å². The number of benzene rings is 4. The molecule has 2 heteroatoms. The van der Waals surface area contributed by atoms with Crippen LogP contribution in [0.4, 0.5) is 11.4 Å². The topological polar surface area (TPSA) is 6.48 Å². The Morgan fingerprint density at radius 2 is 0.839 bits per heavy atom. The highest BCUT2D eigenvalue weighted by Crippen LogP contribution is 2.63. The van der Waals surface area contributed by atoms with Gasteiger partial charge in [0, 0.05) is 39.6 Å². The summed E-state index contributed by atoms with van der Waals surface area (Å²) in [4.78, 5) is 4.38. The molecule has 2 aliphatic carbocycles. The van der Waals surface area contributed by atoms with Crippen molar-refractivity contribution in [2.45, 2.75) is 5.41 Å². The summed E-state index contributed by atoms with van der Waals surface area (Å²) in [5.41, 5.74) is 13.2. The maximum Gasteiger partial charge on any atom is 0.0725 e. The first-order valence-electron chi connectivity index (χ1n) is 10.9. The minimum atomic E-state index is -0.256. The normalized spacial score (nSPS) is 14.1. The van der Waals surface area contributed by atoms with Crippen LogP contribution in [0.1, 0.15) is 22.3 Å². The van der Waals surface area contributed by atoms with E-state index in [4.69, 9.17) is 0 Å². The zero-order valence-corrected chi connectivity index (χ0v) is 18.5. The van der Waals surface area contributed by atoms with Gasteiger partial charge in [0.15, 0.2) is 0 Å². The number of nitrogens with zero attached hydrogens (tertiary/aromatic N) is 2. The molecule has 31 heavy (non-hydrogen) atoms. The zero-order valence-electron chi connectivity index (χ0n) is 18.5. The minimum Gasteiger partial charge on any atom is -0.378 e. The van der Waals surface area contributed by atoms with Crippen molar-refractivity contribution in [1.82, 2.24) is 0 Å². The number of fused-ring (bicyclic) bond motifs is 10. The first kappa shape index (κ1) is 18.3. The second-order valence-electron chi connectivity index (χ2n) is 9.09. The van der Waals surface area contributed by atoms with E-state index in [1.807, 2.05) is 0 Å². The average Bonchev–Trinajstić information content (AvgIpc) is 3.25. The molecule has 0 bridgehead atoms. The fourth-order valence-electron chi connectivity index (χ4n) is 5.68. The molecular weight excluding hydrogens is 376 g/mol. The van der Waals surface area contributed by atoms with Crippen molar-refractivity contribution in [2.24, 2.45) is 0 Å². The fraction of sp³-hybridized carbons (Fsp3) is 0.172. The largest absolute Gasteiger partial charge is 0.378 e. The van der Waals surface area contributed by atoms with Crippen molar-refractivity contribution in [3.05, 3.63) is 107 Å². The van der Waals surface area contributed by atoms with Crippen LogP contribution in [0.3, 0.4) is 0 Å². The molecule has 0 saturated carbocycles. The van der Waals surface area contributed by atoms with Gasteiger partial charge in [0.25, 0.3) is 0 Å². The van der Waals surface area contributed by atoms with E-state index in [-0.39, 0.29) is 5.41 Å². The third kappa shape index (κ3) is 2.22. The molecule has 2 aliphatic rings. The van der Waals surface area contributed by atoms with Crippen molar-refractivity contribution in [3.8, 4) is 22.3 Å². The average molecular weight is 403 g/mol. The third-order valence-electron chi connectivity index (χ3n) is 7.09. The van der Waals surface area contributed by atoms with E-state index in [0.717, 1.165) is 0 Å². The highest BCUT2D eigenvalue weighted by molar-refractivity contribution is 5.96. The highest BCUT2D eigenvalue weighted by Gasteiger charge is 2.51. The molecule has 152 valence electrons. The Morgan fingerprint density at radius 3 is 1.26 bits per heavy atom. The molecule has 2 nitrogen and oxygen atoms in total. The second kappa shape index (κ2) is 6.24. The molecule has 0 unspecified atom stereocenters. The van der Waals surface area contributed by atoms with Gasteiger partial charge in [0.2, 0.25) is 0 Å². The monoisotopic (exact) mass is 402 g/mol. The lowest BCUT2D eigenvalue weighted by atomic mass is 9.70. The van der Waals surface area contributed by atoms with Gasteiger partial charge >= 0.3 is 0 Å². The highest BCUT2D eigenvalue weighted by atomic mass is 15.1. The Morgan fingerprint density at radius 1 is 0.452 bits per heavy atom. The van der Waals surface area contributed by atoms with Crippen LogP contribution in [0, 0.1) is 0 Å². The van der Waals surface area contributed by atoms with Crippen LogP contribution in [0.25, 0.3) is 22.3 Å². The summed E-state index contributed by atoms with van der Waals surface area (Å²) < 4.78 is 0. The number of anilines is 2. The molecule has 4 aromatic carbocycles. The predicted octanol–water partition coefficient (Wildman–Crippen LogP) is 6.16. The lowest BCUT2D eigenvalue weighted by Gasteiger charge is -2.31. The van der Waals surface area contributed by atoms with E-state index in [1.54, 1.807) is 0 Å². The molecular formula is C29H26N2. The van der Waals surface area contributed by atoms with Crippen molar-refractivity contribution in [3.63, 3.8) is 0 Å². The van der Waals surface area contributed by atoms with Gasteiger partial charge in [0.05, 0.1) is 5.41 Å². The van der Waals surface area contributed by atoms with Gasteiger partial charge in [-0.05, 0) is 68.8 Å². The maximum atomic E-state index is 2.36. The molecule has 1 spiro atoms. The zero-order chi connectivity index (χ0) is 21.3. The van der Waals surface area contributed by atoms with Gasteiger partial charge in [-0.15, -0.1) is 0 Å². The molecule has 6 rings (SSSR count). The maximum absolute atomic E-state index is 2.36. The summed E-state index contributed by atoms with van der Waals surface area (Å²) >= 11 is 0. The molecule has 4 aromatic rings. The van der Waals surface area contributed by atoms with E-state index >= 15 is 0 Å². The van der Waals surface area contributed by atoms with Crippen molar-refractivity contribution >= 4 is 11.4 Å². The molecule has 0 amide bonds. The van der Waals surface area contributed by atoms with E-state index in [9.17, 15) is 0 Å². The SMILES string of the molecule is CN(C)c1ccc2c(c1)-c1ccccc1C21c2ccccc2-c2cc(N(C)C)ccc21. The predicted molar refractivity (Wildman–Crippen MR) is 131 cm³/mol. The van der Waals surface area contributed by atoms with Crippen LogP contribution in [0.2, 0.25) is 0 Å². The number of hydrogen-bond acceptors (Lipinski definition) is 2. The number of hydrogen-bond donors (Lipinski definition) is 0. The lowest BCUT2D eigenvalue weighted by molar-refractivity contribution is 0.793. The van der Waals surface area contributed by atoms with Crippen LogP contribution in [0.5, 0.6) is 0 Å². The van der Waals surface area contributed by atoms with Crippen molar-refractivity contribution in [2.75, 3.05) is 38.0 Å². The Balaban J connectivity index is 1.77. The Labute approximate surface area is 184 Å². The molecule has 0 N–H and O–H groups in total. The Bertz CT molecular complexity index is 1240. The van der Waals surface area contributed by atoms with Gasteiger partial charge in [-0.2, -0.15) is 0 Å². The van der Waals surface area contributed by atoms with Gasteiger partial charge in [0.1, 0.15) is 0 Å². The molecule has 0 aromatic heterocycles. The molecule has 0 fully saturated rings. The molecule has 0 heterocycles. The van der Waals surface area contributed by atoms with Crippen LogP contribution >= 0.6 is 0 Å². The van der Waals surface area contributed by atoms with Gasteiger partial charge < -0.3 is 9.80 Å². The number of rotatable bonds is 2. The van der Waals surface area contributed by atoms with Crippen molar-refractivity contribution < 1.29 is 0 Å².